The molecule has 7 nitrogen and oxygen atoms in total. The number of aromatic nitrogens is 4. The standard InChI is InChI=1S/C17H24N6O.ClH/c1-13-4-6-15(7-5-13)17-20-22-23(21-17)12-16(24)19-10-8-14-3-2-9-18-11-14;/h4-7,14,18H,2-3,8-12H2,1H3,(H,19,24);1H. The number of tetrazole rings is 1. The predicted octanol–water partition coefficient (Wildman–Crippen LogP) is 1.58. The molecule has 1 amide bonds. The van der Waals surface area contributed by atoms with Crippen molar-refractivity contribution >= 4 is 18.3 Å². The molecule has 2 N–H and O–H groups in total. The Morgan fingerprint density at radius 1 is 1.36 bits per heavy atom. The molecule has 1 aliphatic heterocycles. The van der Waals surface area contributed by atoms with Gasteiger partial charge in [-0.15, -0.1) is 22.6 Å². The van der Waals surface area contributed by atoms with Crippen molar-refractivity contribution in [2.24, 2.45) is 5.92 Å². The largest absolute Gasteiger partial charge is 0.354 e. The fourth-order valence-electron chi connectivity index (χ4n) is 2.90. The van der Waals surface area contributed by atoms with E-state index in [0.717, 1.165) is 25.1 Å². The number of benzene rings is 1. The van der Waals surface area contributed by atoms with Crippen molar-refractivity contribution in [3.8, 4) is 11.4 Å². The summed E-state index contributed by atoms with van der Waals surface area (Å²) in [7, 11) is 0. The van der Waals surface area contributed by atoms with Gasteiger partial charge >= 0.3 is 0 Å². The maximum Gasteiger partial charge on any atom is 0.243 e. The first-order valence-corrected chi connectivity index (χ1v) is 8.53. The van der Waals surface area contributed by atoms with E-state index in [1.165, 1.54) is 23.2 Å². The van der Waals surface area contributed by atoms with E-state index >= 15 is 0 Å². The van der Waals surface area contributed by atoms with Crippen LogP contribution in [0.2, 0.25) is 0 Å². The van der Waals surface area contributed by atoms with Gasteiger partial charge in [-0.05, 0) is 50.4 Å². The third kappa shape index (κ3) is 5.79. The van der Waals surface area contributed by atoms with E-state index in [1.54, 1.807) is 0 Å². The molecular weight excluding hydrogens is 340 g/mol. The van der Waals surface area contributed by atoms with Gasteiger partial charge in [0.1, 0.15) is 6.54 Å². The number of piperidine rings is 1. The van der Waals surface area contributed by atoms with Crippen LogP contribution in [-0.2, 0) is 11.3 Å². The normalized spacial score (nSPS) is 16.9. The number of aryl methyl sites for hydroxylation is 1. The Hall–Kier alpha value is -1.99. The van der Waals surface area contributed by atoms with Crippen molar-refractivity contribution in [3.63, 3.8) is 0 Å². The van der Waals surface area contributed by atoms with E-state index in [1.807, 2.05) is 31.2 Å². The van der Waals surface area contributed by atoms with E-state index in [2.05, 4.69) is 26.0 Å². The Balaban J connectivity index is 0.00000225. The Labute approximate surface area is 154 Å². The molecule has 2 aromatic rings. The predicted molar refractivity (Wildman–Crippen MR) is 98.5 cm³/mol. The van der Waals surface area contributed by atoms with Crippen LogP contribution in [-0.4, -0.2) is 45.7 Å². The molecule has 1 aromatic carbocycles. The highest BCUT2D eigenvalue weighted by atomic mass is 35.5. The van der Waals surface area contributed by atoms with Crippen LogP contribution in [0.25, 0.3) is 11.4 Å². The Kier molecular flexibility index (Phi) is 7.33. The highest BCUT2D eigenvalue weighted by Gasteiger charge is 2.13. The third-order valence-corrected chi connectivity index (χ3v) is 4.32. The lowest BCUT2D eigenvalue weighted by Gasteiger charge is -2.22. The molecule has 3 rings (SSSR count). The molecule has 0 bridgehead atoms. The first kappa shape index (κ1) is 19.3. The maximum atomic E-state index is 12.0. The molecule has 1 aliphatic rings. The van der Waals surface area contributed by atoms with Crippen LogP contribution in [0.1, 0.15) is 24.8 Å². The number of hydrogen-bond acceptors (Lipinski definition) is 5. The molecule has 1 saturated heterocycles. The molecule has 1 fully saturated rings. The molecule has 8 heteroatoms. The highest BCUT2D eigenvalue weighted by Crippen LogP contribution is 2.14. The number of rotatable bonds is 6. The molecule has 0 spiro atoms. The second-order valence-corrected chi connectivity index (χ2v) is 6.36. The van der Waals surface area contributed by atoms with Crippen LogP contribution in [0.5, 0.6) is 0 Å². The molecule has 0 radical (unpaired) electrons. The summed E-state index contributed by atoms with van der Waals surface area (Å²) in [6.45, 7) is 5.00. The summed E-state index contributed by atoms with van der Waals surface area (Å²) in [6.07, 6.45) is 3.48. The van der Waals surface area contributed by atoms with Gasteiger partial charge in [0.25, 0.3) is 0 Å². The van der Waals surface area contributed by atoms with Gasteiger partial charge in [0.15, 0.2) is 0 Å². The molecule has 1 atom stereocenters. The SMILES string of the molecule is Cc1ccc(-c2nnn(CC(=O)NCCC3CCCNC3)n2)cc1.Cl. The zero-order valence-corrected chi connectivity index (χ0v) is 15.3. The van der Waals surface area contributed by atoms with Crippen molar-refractivity contribution in [2.75, 3.05) is 19.6 Å². The van der Waals surface area contributed by atoms with Crippen LogP contribution in [0.4, 0.5) is 0 Å². The molecule has 1 aromatic heterocycles. The van der Waals surface area contributed by atoms with Crippen LogP contribution in [0, 0.1) is 12.8 Å². The summed E-state index contributed by atoms with van der Waals surface area (Å²) in [4.78, 5) is 13.3. The van der Waals surface area contributed by atoms with Crippen LogP contribution >= 0.6 is 12.4 Å². The van der Waals surface area contributed by atoms with Crippen molar-refractivity contribution in [2.45, 2.75) is 32.7 Å². The zero-order valence-electron chi connectivity index (χ0n) is 14.4. The fraction of sp³-hybridized carbons (Fsp3) is 0.529. The van der Waals surface area contributed by atoms with Gasteiger partial charge < -0.3 is 10.6 Å². The summed E-state index contributed by atoms with van der Waals surface area (Å²) < 4.78 is 0. The van der Waals surface area contributed by atoms with Gasteiger partial charge in [0.2, 0.25) is 11.7 Å². The summed E-state index contributed by atoms with van der Waals surface area (Å²) in [6, 6.07) is 7.91. The molecule has 0 saturated carbocycles. The smallest absolute Gasteiger partial charge is 0.243 e. The van der Waals surface area contributed by atoms with E-state index in [9.17, 15) is 4.79 Å². The average Bonchev–Trinajstić information content (AvgIpc) is 3.05. The number of carbonyl (C=O) groups excluding carboxylic acids is 1. The first-order chi connectivity index (χ1) is 11.7. The van der Waals surface area contributed by atoms with Crippen molar-refractivity contribution in [3.05, 3.63) is 29.8 Å². The minimum absolute atomic E-state index is 0. The molecule has 136 valence electrons. The van der Waals surface area contributed by atoms with Gasteiger partial charge in [-0.2, -0.15) is 4.80 Å². The number of carbonyl (C=O) groups is 1. The Bertz CT molecular complexity index is 666. The second-order valence-electron chi connectivity index (χ2n) is 6.36. The lowest BCUT2D eigenvalue weighted by atomic mass is 9.96. The van der Waals surface area contributed by atoms with Crippen molar-refractivity contribution in [1.29, 1.82) is 0 Å². The van der Waals surface area contributed by atoms with Gasteiger partial charge in [-0.25, -0.2) is 0 Å². The van der Waals surface area contributed by atoms with Crippen molar-refractivity contribution < 1.29 is 4.79 Å². The van der Waals surface area contributed by atoms with E-state index in [-0.39, 0.29) is 24.9 Å². The minimum Gasteiger partial charge on any atom is -0.354 e. The molecule has 2 heterocycles. The van der Waals surface area contributed by atoms with Gasteiger partial charge in [-0.1, -0.05) is 29.8 Å². The minimum atomic E-state index is -0.0772. The Morgan fingerprint density at radius 3 is 2.88 bits per heavy atom. The van der Waals surface area contributed by atoms with Gasteiger partial charge in [0.05, 0.1) is 0 Å². The van der Waals surface area contributed by atoms with Crippen LogP contribution < -0.4 is 10.6 Å². The quantitative estimate of drug-likeness (QED) is 0.812. The number of hydrogen-bond donors (Lipinski definition) is 2. The van der Waals surface area contributed by atoms with E-state index < -0.39 is 0 Å². The number of nitrogens with zero attached hydrogens (tertiary/aromatic N) is 4. The van der Waals surface area contributed by atoms with E-state index in [4.69, 9.17) is 0 Å². The van der Waals surface area contributed by atoms with Gasteiger partial charge in [-0.3, -0.25) is 4.79 Å². The summed E-state index contributed by atoms with van der Waals surface area (Å²) in [5.74, 6) is 1.12. The third-order valence-electron chi connectivity index (χ3n) is 4.32. The molecule has 0 aliphatic carbocycles. The second kappa shape index (κ2) is 9.48. The van der Waals surface area contributed by atoms with E-state index in [0.29, 0.717) is 18.3 Å². The Morgan fingerprint density at radius 2 is 2.16 bits per heavy atom. The lowest BCUT2D eigenvalue weighted by Crippen LogP contribution is -2.34. The molecule has 1 unspecified atom stereocenters. The topological polar surface area (TPSA) is 84.7 Å². The maximum absolute atomic E-state index is 12.0. The summed E-state index contributed by atoms with van der Waals surface area (Å²) in [5.41, 5.74) is 2.08. The lowest BCUT2D eigenvalue weighted by molar-refractivity contribution is -0.122. The average molecular weight is 365 g/mol. The monoisotopic (exact) mass is 364 g/mol. The molecular formula is C17H25ClN6O. The summed E-state index contributed by atoms with van der Waals surface area (Å²) in [5, 5.41) is 18.6. The first-order valence-electron chi connectivity index (χ1n) is 8.53. The summed E-state index contributed by atoms with van der Waals surface area (Å²) >= 11 is 0. The fourth-order valence-corrected chi connectivity index (χ4v) is 2.90. The number of amides is 1. The molecule has 25 heavy (non-hydrogen) atoms. The van der Waals surface area contributed by atoms with Gasteiger partial charge in [0, 0.05) is 12.1 Å². The van der Waals surface area contributed by atoms with Crippen LogP contribution in [0.15, 0.2) is 24.3 Å². The highest BCUT2D eigenvalue weighted by molar-refractivity contribution is 5.85. The number of nitrogens with one attached hydrogen (secondary N) is 2. The zero-order chi connectivity index (χ0) is 16.8. The van der Waals surface area contributed by atoms with Crippen LogP contribution in [0.3, 0.4) is 0 Å². The van der Waals surface area contributed by atoms with Crippen molar-refractivity contribution in [1.82, 2.24) is 30.8 Å². The number of halogens is 1.